The Bertz CT molecular complexity index is 447. The van der Waals surface area contributed by atoms with Crippen LogP contribution in [-0.2, 0) is 9.59 Å². The quantitative estimate of drug-likeness (QED) is 0.630. The number of hydrogen-bond donors (Lipinski definition) is 3. The molecule has 1 aromatic heterocycles. The minimum Gasteiger partial charge on any atom is -0.480 e. The molecule has 0 aromatic carbocycles. The number of nitrogens with zero attached hydrogens (tertiary/aromatic N) is 1. The largest absolute Gasteiger partial charge is 0.480 e. The third kappa shape index (κ3) is 4.20. The maximum Gasteiger partial charge on any atom is 0.326 e. The number of nitrogens with one attached hydrogen (secondary N) is 1. The number of pyridine rings is 1. The van der Waals surface area contributed by atoms with E-state index in [0.29, 0.717) is 0 Å². The second-order valence-corrected chi connectivity index (χ2v) is 3.61. The van der Waals surface area contributed by atoms with Gasteiger partial charge in [0.1, 0.15) is 6.04 Å². The SMILES string of the molecule is NC(=O)CC[C@H](NC(=O)c1cccnc1)C(=O)O. The molecule has 0 radical (unpaired) electrons. The molecule has 0 saturated heterocycles. The lowest BCUT2D eigenvalue weighted by atomic mass is 10.1. The minimum atomic E-state index is -1.21. The van der Waals surface area contributed by atoms with Gasteiger partial charge in [-0.15, -0.1) is 0 Å². The van der Waals surface area contributed by atoms with E-state index in [9.17, 15) is 14.4 Å². The van der Waals surface area contributed by atoms with Crippen LogP contribution in [0.25, 0.3) is 0 Å². The lowest BCUT2D eigenvalue weighted by molar-refractivity contribution is -0.139. The second kappa shape index (κ2) is 6.33. The molecule has 1 aromatic rings. The smallest absolute Gasteiger partial charge is 0.326 e. The van der Waals surface area contributed by atoms with E-state index in [4.69, 9.17) is 10.8 Å². The topological polar surface area (TPSA) is 122 Å². The summed E-state index contributed by atoms with van der Waals surface area (Å²) in [5.74, 6) is -2.38. The molecule has 0 bridgehead atoms. The summed E-state index contributed by atoms with van der Waals surface area (Å²) in [7, 11) is 0. The Labute approximate surface area is 103 Å². The average molecular weight is 251 g/mol. The van der Waals surface area contributed by atoms with Crippen LogP contribution in [0.2, 0.25) is 0 Å². The molecule has 0 aliphatic heterocycles. The summed E-state index contributed by atoms with van der Waals surface area (Å²) in [4.78, 5) is 36.9. The second-order valence-electron chi connectivity index (χ2n) is 3.61. The predicted molar refractivity (Wildman–Crippen MR) is 61.6 cm³/mol. The van der Waals surface area contributed by atoms with Crippen LogP contribution in [-0.4, -0.2) is 33.9 Å². The molecule has 1 heterocycles. The first-order valence-corrected chi connectivity index (χ1v) is 5.22. The number of rotatable bonds is 6. The Morgan fingerprint density at radius 2 is 2.17 bits per heavy atom. The zero-order valence-corrected chi connectivity index (χ0v) is 9.50. The first-order valence-electron chi connectivity index (χ1n) is 5.22. The number of aliphatic carboxylic acids is 1. The molecular formula is C11H13N3O4. The number of amides is 2. The van der Waals surface area contributed by atoms with Crippen LogP contribution in [0, 0.1) is 0 Å². The number of hydrogen-bond acceptors (Lipinski definition) is 4. The number of nitrogens with two attached hydrogens (primary N) is 1. The monoisotopic (exact) mass is 251 g/mol. The van der Waals surface area contributed by atoms with Gasteiger partial charge in [-0.2, -0.15) is 0 Å². The normalized spacial score (nSPS) is 11.6. The molecule has 0 fully saturated rings. The molecular weight excluding hydrogens is 238 g/mol. The van der Waals surface area contributed by atoms with Crippen LogP contribution < -0.4 is 11.1 Å². The Morgan fingerprint density at radius 3 is 2.67 bits per heavy atom. The summed E-state index contributed by atoms with van der Waals surface area (Å²) < 4.78 is 0. The summed E-state index contributed by atoms with van der Waals surface area (Å²) in [5.41, 5.74) is 5.18. The molecule has 0 spiro atoms. The van der Waals surface area contributed by atoms with Crippen molar-refractivity contribution >= 4 is 17.8 Å². The minimum absolute atomic E-state index is 0.0450. The molecule has 18 heavy (non-hydrogen) atoms. The number of carbonyl (C=O) groups excluding carboxylic acids is 2. The van der Waals surface area contributed by atoms with Gasteiger partial charge in [0.05, 0.1) is 5.56 Å². The van der Waals surface area contributed by atoms with Gasteiger partial charge >= 0.3 is 5.97 Å². The van der Waals surface area contributed by atoms with Crippen LogP contribution >= 0.6 is 0 Å². The van der Waals surface area contributed by atoms with E-state index in [-0.39, 0.29) is 18.4 Å². The van der Waals surface area contributed by atoms with E-state index >= 15 is 0 Å². The number of carboxylic acids is 1. The lowest BCUT2D eigenvalue weighted by Crippen LogP contribution is -2.41. The van der Waals surface area contributed by atoms with Crippen molar-refractivity contribution in [2.75, 3.05) is 0 Å². The van der Waals surface area contributed by atoms with Gasteiger partial charge in [0.15, 0.2) is 0 Å². The maximum atomic E-state index is 11.7. The molecule has 96 valence electrons. The number of carboxylic acid groups (broad SMARTS) is 1. The first-order chi connectivity index (χ1) is 8.50. The molecule has 1 atom stereocenters. The highest BCUT2D eigenvalue weighted by Crippen LogP contribution is 2.01. The van der Waals surface area contributed by atoms with Crippen molar-refractivity contribution in [1.29, 1.82) is 0 Å². The van der Waals surface area contributed by atoms with Crippen LogP contribution in [0.15, 0.2) is 24.5 Å². The van der Waals surface area contributed by atoms with E-state index in [0.717, 1.165) is 0 Å². The molecule has 7 nitrogen and oxygen atoms in total. The van der Waals surface area contributed by atoms with E-state index in [1.165, 1.54) is 18.5 Å². The number of primary amides is 1. The average Bonchev–Trinajstić information content (AvgIpc) is 2.34. The summed E-state index contributed by atoms with van der Waals surface area (Å²) >= 11 is 0. The van der Waals surface area contributed by atoms with E-state index in [1.807, 2.05) is 0 Å². The standard InChI is InChI=1S/C11H13N3O4/c12-9(15)4-3-8(11(17)18)14-10(16)7-2-1-5-13-6-7/h1-2,5-6,8H,3-4H2,(H2,12,15)(H,14,16)(H,17,18)/t8-/m0/s1. The summed E-state index contributed by atoms with van der Waals surface area (Å²) in [6.45, 7) is 0. The van der Waals surface area contributed by atoms with Crippen molar-refractivity contribution in [1.82, 2.24) is 10.3 Å². The Hall–Kier alpha value is -2.44. The molecule has 0 saturated carbocycles. The highest BCUT2D eigenvalue weighted by Gasteiger charge is 2.21. The number of aromatic nitrogens is 1. The van der Waals surface area contributed by atoms with Crippen molar-refractivity contribution in [3.63, 3.8) is 0 Å². The van der Waals surface area contributed by atoms with Crippen molar-refractivity contribution in [3.8, 4) is 0 Å². The van der Waals surface area contributed by atoms with Crippen LogP contribution in [0.3, 0.4) is 0 Å². The third-order valence-corrected chi connectivity index (χ3v) is 2.21. The first kappa shape index (κ1) is 13.6. The maximum absolute atomic E-state index is 11.7. The van der Waals surface area contributed by atoms with Gasteiger partial charge in [0, 0.05) is 18.8 Å². The van der Waals surface area contributed by atoms with Gasteiger partial charge in [0.2, 0.25) is 5.91 Å². The Morgan fingerprint density at radius 1 is 1.44 bits per heavy atom. The fourth-order valence-corrected chi connectivity index (χ4v) is 1.28. The highest BCUT2D eigenvalue weighted by molar-refractivity contribution is 5.96. The summed E-state index contributed by atoms with van der Waals surface area (Å²) in [6, 6.07) is 1.92. The molecule has 7 heteroatoms. The van der Waals surface area contributed by atoms with Crippen molar-refractivity contribution in [3.05, 3.63) is 30.1 Å². The van der Waals surface area contributed by atoms with Gasteiger partial charge < -0.3 is 16.2 Å². The van der Waals surface area contributed by atoms with E-state index in [2.05, 4.69) is 10.3 Å². The Balaban J connectivity index is 2.64. The summed E-state index contributed by atoms with van der Waals surface area (Å²) in [5, 5.41) is 11.2. The fraction of sp³-hybridized carbons (Fsp3) is 0.273. The molecule has 1 rings (SSSR count). The van der Waals surface area contributed by atoms with E-state index < -0.39 is 23.8 Å². The Kier molecular flexibility index (Phi) is 4.79. The van der Waals surface area contributed by atoms with Crippen molar-refractivity contribution in [2.24, 2.45) is 5.73 Å². The molecule has 0 aliphatic rings. The van der Waals surface area contributed by atoms with Crippen LogP contribution in [0.1, 0.15) is 23.2 Å². The molecule has 4 N–H and O–H groups in total. The van der Waals surface area contributed by atoms with Gasteiger partial charge in [0.25, 0.3) is 5.91 Å². The third-order valence-electron chi connectivity index (χ3n) is 2.21. The van der Waals surface area contributed by atoms with E-state index in [1.54, 1.807) is 6.07 Å². The van der Waals surface area contributed by atoms with Crippen LogP contribution in [0.5, 0.6) is 0 Å². The van der Waals surface area contributed by atoms with Crippen LogP contribution in [0.4, 0.5) is 0 Å². The zero-order valence-electron chi connectivity index (χ0n) is 9.50. The lowest BCUT2D eigenvalue weighted by Gasteiger charge is -2.13. The van der Waals surface area contributed by atoms with Gasteiger partial charge in [-0.25, -0.2) is 4.79 Å². The predicted octanol–water partition coefficient (Wildman–Crippen LogP) is -0.470. The molecule has 0 aliphatic carbocycles. The molecule has 0 unspecified atom stereocenters. The van der Waals surface area contributed by atoms with Crippen molar-refractivity contribution in [2.45, 2.75) is 18.9 Å². The van der Waals surface area contributed by atoms with Gasteiger partial charge in [-0.05, 0) is 18.6 Å². The van der Waals surface area contributed by atoms with Gasteiger partial charge in [-0.3, -0.25) is 14.6 Å². The number of carbonyl (C=O) groups is 3. The van der Waals surface area contributed by atoms with Crippen molar-refractivity contribution < 1.29 is 19.5 Å². The fourth-order valence-electron chi connectivity index (χ4n) is 1.28. The zero-order chi connectivity index (χ0) is 13.5. The highest BCUT2D eigenvalue weighted by atomic mass is 16.4. The summed E-state index contributed by atoms with van der Waals surface area (Å²) in [6.07, 6.45) is 2.67. The van der Waals surface area contributed by atoms with Gasteiger partial charge in [-0.1, -0.05) is 0 Å². The molecule has 2 amide bonds.